The number of ether oxygens (including phenoxy) is 1. The van der Waals surface area contributed by atoms with Crippen molar-refractivity contribution in [1.82, 2.24) is 4.98 Å². The quantitative estimate of drug-likeness (QED) is 0.491. The van der Waals surface area contributed by atoms with Crippen LogP contribution in [0.4, 0.5) is 17.6 Å². The first-order chi connectivity index (χ1) is 11.8. The number of rotatable bonds is 2. The van der Waals surface area contributed by atoms with Crippen LogP contribution in [0.2, 0.25) is 0 Å². The monoisotopic (exact) mass is 349 g/mol. The van der Waals surface area contributed by atoms with Gasteiger partial charge in [-0.1, -0.05) is 6.07 Å². The minimum absolute atomic E-state index is 0.170. The molecule has 3 rings (SSSR count). The van der Waals surface area contributed by atoms with E-state index < -0.39 is 23.5 Å². The Labute approximate surface area is 139 Å². The number of hydrogen-bond donors (Lipinski definition) is 0. The van der Waals surface area contributed by atoms with E-state index in [1.165, 1.54) is 37.6 Å². The lowest BCUT2D eigenvalue weighted by molar-refractivity contribution is -0.139. The van der Waals surface area contributed by atoms with Crippen molar-refractivity contribution in [3.8, 4) is 11.1 Å². The van der Waals surface area contributed by atoms with E-state index in [9.17, 15) is 22.4 Å². The zero-order chi connectivity index (χ0) is 18.2. The third kappa shape index (κ3) is 3.17. The van der Waals surface area contributed by atoms with Gasteiger partial charge in [0.15, 0.2) is 0 Å². The molecule has 0 radical (unpaired) electrons. The molecule has 0 atom stereocenters. The molecule has 0 bridgehead atoms. The Morgan fingerprint density at radius 3 is 2.52 bits per heavy atom. The Balaban J connectivity index is 2.24. The summed E-state index contributed by atoms with van der Waals surface area (Å²) in [5.41, 5.74) is -0.0473. The van der Waals surface area contributed by atoms with Crippen molar-refractivity contribution in [2.24, 2.45) is 0 Å². The Morgan fingerprint density at radius 1 is 1.08 bits per heavy atom. The molecular weight excluding hydrogens is 338 g/mol. The fraction of sp³-hybridized carbons (Fsp3) is 0.111. The first-order valence-electron chi connectivity index (χ1n) is 7.15. The maximum atomic E-state index is 13.5. The summed E-state index contributed by atoms with van der Waals surface area (Å²) in [6.07, 6.45) is -3.37. The Morgan fingerprint density at radius 2 is 1.84 bits per heavy atom. The average molecular weight is 349 g/mol. The Bertz CT molecular complexity index is 967. The van der Waals surface area contributed by atoms with Crippen LogP contribution >= 0.6 is 0 Å². The maximum absolute atomic E-state index is 13.5. The van der Waals surface area contributed by atoms with Crippen LogP contribution < -0.4 is 0 Å². The molecule has 0 fully saturated rings. The zero-order valence-corrected chi connectivity index (χ0v) is 12.9. The van der Waals surface area contributed by atoms with E-state index >= 15 is 0 Å². The third-order valence-electron chi connectivity index (χ3n) is 3.75. The number of esters is 1. The number of methoxy groups -OCH3 is 1. The molecule has 1 aromatic heterocycles. The van der Waals surface area contributed by atoms with Gasteiger partial charge in [-0.25, -0.2) is 9.18 Å². The molecule has 0 N–H and O–H groups in total. The summed E-state index contributed by atoms with van der Waals surface area (Å²) in [4.78, 5) is 15.8. The molecule has 1 heterocycles. The first-order valence-corrected chi connectivity index (χ1v) is 7.15. The van der Waals surface area contributed by atoms with E-state index in [1.807, 2.05) is 0 Å². The van der Waals surface area contributed by atoms with Crippen LogP contribution in [0.3, 0.4) is 0 Å². The van der Waals surface area contributed by atoms with Crippen molar-refractivity contribution in [2.75, 3.05) is 7.11 Å². The van der Waals surface area contributed by atoms with E-state index in [1.54, 1.807) is 6.07 Å². The summed E-state index contributed by atoms with van der Waals surface area (Å²) in [6, 6.07) is 8.85. The zero-order valence-electron chi connectivity index (χ0n) is 12.9. The topological polar surface area (TPSA) is 39.2 Å². The van der Waals surface area contributed by atoms with Gasteiger partial charge < -0.3 is 4.74 Å². The highest BCUT2D eigenvalue weighted by Gasteiger charge is 2.34. The molecule has 0 aliphatic rings. The van der Waals surface area contributed by atoms with Crippen molar-refractivity contribution in [2.45, 2.75) is 6.18 Å². The van der Waals surface area contributed by atoms with Gasteiger partial charge in [-0.3, -0.25) is 4.98 Å². The molecule has 0 saturated heterocycles. The molecule has 0 saturated carbocycles. The number of fused-ring (bicyclic) bond motifs is 1. The van der Waals surface area contributed by atoms with E-state index in [0.29, 0.717) is 16.5 Å². The van der Waals surface area contributed by atoms with Gasteiger partial charge in [-0.05, 0) is 47.5 Å². The standard InChI is InChI=1S/C18H11F4NO2/c1-25-17(24)11-3-5-16-13(8-11)12(6-7-23-16)10-2-4-15(19)14(9-10)18(20,21)22/h2-9H,1H3. The fourth-order valence-electron chi connectivity index (χ4n) is 2.55. The van der Waals surface area contributed by atoms with Crippen LogP contribution in [0.1, 0.15) is 15.9 Å². The number of alkyl halides is 3. The number of benzene rings is 2. The van der Waals surface area contributed by atoms with Crippen LogP contribution in [0.25, 0.3) is 22.0 Å². The lowest BCUT2D eigenvalue weighted by atomic mass is 9.98. The smallest absolute Gasteiger partial charge is 0.419 e. The molecule has 0 spiro atoms. The molecule has 128 valence electrons. The number of aromatic nitrogens is 1. The van der Waals surface area contributed by atoms with Crippen molar-refractivity contribution in [1.29, 1.82) is 0 Å². The molecule has 2 aromatic carbocycles. The second-order valence-electron chi connectivity index (χ2n) is 5.27. The fourth-order valence-corrected chi connectivity index (χ4v) is 2.55. The van der Waals surface area contributed by atoms with Crippen LogP contribution in [0.5, 0.6) is 0 Å². The van der Waals surface area contributed by atoms with Gasteiger partial charge in [0.1, 0.15) is 5.82 Å². The number of carbonyl (C=O) groups excluding carboxylic acids is 1. The van der Waals surface area contributed by atoms with Crippen molar-refractivity contribution in [3.05, 3.63) is 65.6 Å². The number of nitrogens with zero attached hydrogens (tertiary/aromatic N) is 1. The molecule has 3 aromatic rings. The molecule has 25 heavy (non-hydrogen) atoms. The number of carbonyl (C=O) groups is 1. The van der Waals surface area contributed by atoms with E-state index in [2.05, 4.69) is 9.72 Å². The van der Waals surface area contributed by atoms with Crippen molar-refractivity contribution < 1.29 is 27.1 Å². The summed E-state index contributed by atoms with van der Waals surface area (Å²) >= 11 is 0. The number of hydrogen-bond acceptors (Lipinski definition) is 3. The summed E-state index contributed by atoms with van der Waals surface area (Å²) in [6.45, 7) is 0. The highest BCUT2D eigenvalue weighted by molar-refractivity contribution is 6.00. The molecule has 7 heteroatoms. The number of pyridine rings is 1. The van der Waals surface area contributed by atoms with E-state index in [-0.39, 0.29) is 11.1 Å². The second-order valence-corrected chi connectivity index (χ2v) is 5.27. The third-order valence-corrected chi connectivity index (χ3v) is 3.75. The second kappa shape index (κ2) is 6.16. The van der Waals surface area contributed by atoms with Crippen molar-refractivity contribution in [3.63, 3.8) is 0 Å². The van der Waals surface area contributed by atoms with Gasteiger partial charge >= 0.3 is 12.1 Å². The molecule has 0 aliphatic carbocycles. The molecule has 0 aliphatic heterocycles. The molecular formula is C18H11F4NO2. The van der Waals surface area contributed by atoms with Gasteiger partial charge in [-0.15, -0.1) is 0 Å². The molecule has 0 unspecified atom stereocenters. The van der Waals surface area contributed by atoms with Crippen molar-refractivity contribution >= 4 is 16.9 Å². The highest BCUT2D eigenvalue weighted by atomic mass is 19.4. The lowest BCUT2D eigenvalue weighted by Gasteiger charge is -2.12. The minimum atomic E-state index is -4.81. The predicted octanol–water partition coefficient (Wildman–Crippen LogP) is 4.85. The molecule has 0 amide bonds. The SMILES string of the molecule is COC(=O)c1ccc2nccc(-c3ccc(F)c(C(F)(F)F)c3)c2c1. The van der Waals surface area contributed by atoms with Gasteiger partial charge in [-0.2, -0.15) is 13.2 Å². The van der Waals surface area contributed by atoms with Gasteiger partial charge in [0.25, 0.3) is 0 Å². The van der Waals surface area contributed by atoms with Gasteiger partial charge in [0, 0.05) is 11.6 Å². The predicted molar refractivity (Wildman–Crippen MR) is 83.5 cm³/mol. The average Bonchev–Trinajstić information content (AvgIpc) is 2.59. The Kier molecular flexibility index (Phi) is 4.16. The summed E-state index contributed by atoms with van der Waals surface area (Å²) in [5, 5.41) is 0.463. The van der Waals surface area contributed by atoms with Crippen LogP contribution in [-0.4, -0.2) is 18.1 Å². The van der Waals surface area contributed by atoms with Crippen LogP contribution in [0, 0.1) is 5.82 Å². The first kappa shape index (κ1) is 16.9. The maximum Gasteiger partial charge on any atom is 0.419 e. The largest absolute Gasteiger partial charge is 0.465 e. The van der Waals surface area contributed by atoms with E-state index in [0.717, 1.165) is 12.1 Å². The van der Waals surface area contributed by atoms with Gasteiger partial charge in [0.2, 0.25) is 0 Å². The van der Waals surface area contributed by atoms with Gasteiger partial charge in [0.05, 0.1) is 23.8 Å². The summed E-state index contributed by atoms with van der Waals surface area (Å²) < 4.78 is 57.1. The lowest BCUT2D eigenvalue weighted by Crippen LogP contribution is -2.08. The highest BCUT2D eigenvalue weighted by Crippen LogP contribution is 2.36. The number of halogens is 4. The minimum Gasteiger partial charge on any atom is -0.465 e. The summed E-state index contributed by atoms with van der Waals surface area (Å²) in [5.74, 6) is -1.92. The molecule has 3 nitrogen and oxygen atoms in total. The van der Waals surface area contributed by atoms with Crippen LogP contribution in [-0.2, 0) is 10.9 Å². The Hall–Kier alpha value is -2.96. The van der Waals surface area contributed by atoms with Crippen LogP contribution in [0.15, 0.2) is 48.7 Å². The van der Waals surface area contributed by atoms with E-state index in [4.69, 9.17) is 0 Å². The summed E-state index contributed by atoms with van der Waals surface area (Å²) in [7, 11) is 1.23. The normalized spacial score (nSPS) is 11.6.